The molecule has 23 heavy (non-hydrogen) atoms. The Morgan fingerprint density at radius 1 is 1.48 bits per heavy atom. The van der Waals surface area contributed by atoms with Gasteiger partial charge in [0.1, 0.15) is 16.9 Å². The average molecular weight is 338 g/mol. The summed E-state index contributed by atoms with van der Waals surface area (Å²) in [6.07, 6.45) is 6.61. The lowest BCUT2D eigenvalue weighted by Crippen LogP contribution is -2.32. The van der Waals surface area contributed by atoms with Crippen molar-refractivity contribution in [1.29, 1.82) is 0 Å². The first-order valence-electron chi connectivity index (χ1n) is 7.14. The summed E-state index contributed by atoms with van der Waals surface area (Å²) in [6, 6.07) is 1.85. The molecule has 0 saturated heterocycles. The van der Waals surface area contributed by atoms with E-state index < -0.39 is 11.7 Å². The Bertz CT molecular complexity index is 732. The molecule has 0 fully saturated rings. The third-order valence-electron chi connectivity index (χ3n) is 2.85. The van der Waals surface area contributed by atoms with Crippen molar-refractivity contribution >= 4 is 29.3 Å². The molecule has 0 unspecified atom stereocenters. The molecule has 0 saturated carbocycles. The van der Waals surface area contributed by atoms with Crippen LogP contribution < -0.4 is 10.1 Å². The zero-order valence-electron chi connectivity index (χ0n) is 13.6. The lowest BCUT2D eigenvalue weighted by atomic mass is 10.2. The van der Waals surface area contributed by atoms with Crippen LogP contribution in [-0.4, -0.2) is 35.0 Å². The van der Waals surface area contributed by atoms with E-state index in [4.69, 9.17) is 21.1 Å². The van der Waals surface area contributed by atoms with Crippen LogP contribution in [0.25, 0.3) is 11.6 Å². The van der Waals surface area contributed by atoms with Gasteiger partial charge in [-0.2, -0.15) is 5.10 Å². The van der Waals surface area contributed by atoms with Crippen molar-refractivity contribution < 1.29 is 14.3 Å². The highest BCUT2D eigenvalue weighted by molar-refractivity contribution is 6.34. The second kappa shape index (κ2) is 6.91. The highest BCUT2D eigenvalue weighted by Gasteiger charge is 2.15. The molecule has 2 aromatic heterocycles. The fourth-order valence-electron chi connectivity index (χ4n) is 1.97. The van der Waals surface area contributed by atoms with Gasteiger partial charge < -0.3 is 14.8 Å². The third kappa shape index (κ3) is 4.63. The van der Waals surface area contributed by atoms with E-state index in [1.807, 2.05) is 45.2 Å². The number of methoxy groups -OCH3 is 1. The number of alkyl carbamates (subject to hydrolysis) is 1. The molecule has 1 N–H and O–H groups in total. The zero-order chi connectivity index (χ0) is 17.0. The maximum absolute atomic E-state index is 11.5. The number of hydrogen-bond donors (Lipinski definition) is 1. The zero-order valence-corrected chi connectivity index (χ0v) is 14.3. The number of rotatable bonds is 4. The quantitative estimate of drug-likeness (QED) is 0.926. The first-order valence-corrected chi connectivity index (χ1v) is 7.52. The first-order chi connectivity index (χ1) is 10.8. The molecule has 1 amide bonds. The summed E-state index contributed by atoms with van der Waals surface area (Å²) in [4.78, 5) is 11.5. The third-order valence-corrected chi connectivity index (χ3v) is 3.12. The average Bonchev–Trinajstić information content (AvgIpc) is 2.82. The second-order valence-electron chi connectivity index (χ2n) is 5.91. The summed E-state index contributed by atoms with van der Waals surface area (Å²) in [5.41, 5.74) is 1.09. The van der Waals surface area contributed by atoms with E-state index in [0.29, 0.717) is 17.3 Å². The highest BCUT2D eigenvalue weighted by atomic mass is 35.5. The Hall–Kier alpha value is -2.21. The Labute approximate surface area is 140 Å². The minimum absolute atomic E-state index is 0.356. The minimum atomic E-state index is -0.508. The van der Waals surface area contributed by atoms with E-state index in [9.17, 15) is 4.79 Å². The summed E-state index contributed by atoms with van der Waals surface area (Å²) >= 11 is 6.08. The molecule has 0 spiro atoms. The number of pyridine rings is 1. The van der Waals surface area contributed by atoms with Crippen LogP contribution in [-0.2, 0) is 4.74 Å². The number of carbonyl (C=O) groups is 1. The van der Waals surface area contributed by atoms with Gasteiger partial charge >= 0.3 is 6.09 Å². The monoisotopic (exact) mass is 337 g/mol. The fraction of sp³-hybridized carbons (Fsp3) is 0.375. The van der Waals surface area contributed by atoms with Crippen LogP contribution in [0.1, 0.15) is 26.3 Å². The van der Waals surface area contributed by atoms with Crippen molar-refractivity contribution in [3.05, 3.63) is 35.1 Å². The molecular formula is C16H20ClN3O3. The first kappa shape index (κ1) is 17.1. The summed E-state index contributed by atoms with van der Waals surface area (Å²) < 4.78 is 12.1. The van der Waals surface area contributed by atoms with Gasteiger partial charge in [0.25, 0.3) is 0 Å². The molecule has 0 aliphatic rings. The van der Waals surface area contributed by atoms with Crippen molar-refractivity contribution in [3.63, 3.8) is 0 Å². The van der Waals surface area contributed by atoms with Crippen molar-refractivity contribution in [2.24, 2.45) is 0 Å². The largest absolute Gasteiger partial charge is 0.494 e. The van der Waals surface area contributed by atoms with E-state index in [0.717, 1.165) is 11.1 Å². The van der Waals surface area contributed by atoms with Crippen LogP contribution in [0, 0.1) is 0 Å². The normalized spacial score (nSPS) is 11.9. The van der Waals surface area contributed by atoms with E-state index >= 15 is 0 Å². The Morgan fingerprint density at radius 2 is 2.22 bits per heavy atom. The molecule has 6 nitrogen and oxygen atoms in total. The number of carbonyl (C=O) groups excluding carboxylic acids is 1. The molecule has 0 aromatic carbocycles. The van der Waals surface area contributed by atoms with Crippen molar-refractivity contribution in [2.75, 3.05) is 13.7 Å². The molecule has 0 bridgehead atoms. The number of hydrogen-bond acceptors (Lipinski definition) is 4. The van der Waals surface area contributed by atoms with Gasteiger partial charge in [-0.15, -0.1) is 0 Å². The van der Waals surface area contributed by atoms with Crippen molar-refractivity contribution in [3.8, 4) is 5.75 Å². The molecule has 2 aromatic rings. The number of halogens is 1. The summed E-state index contributed by atoms with van der Waals surface area (Å²) in [7, 11) is 1.58. The molecule has 124 valence electrons. The van der Waals surface area contributed by atoms with E-state index in [-0.39, 0.29) is 0 Å². The molecule has 2 heterocycles. The smallest absolute Gasteiger partial charge is 0.407 e. The van der Waals surface area contributed by atoms with Gasteiger partial charge in [0, 0.05) is 12.7 Å². The molecule has 7 heteroatoms. The van der Waals surface area contributed by atoms with Crippen LogP contribution in [0.3, 0.4) is 0 Å². The maximum Gasteiger partial charge on any atom is 0.407 e. The summed E-state index contributed by atoms with van der Waals surface area (Å²) in [5, 5.41) is 7.35. The lowest BCUT2D eigenvalue weighted by Gasteiger charge is -2.19. The number of nitrogens with one attached hydrogen (secondary N) is 1. The number of ether oxygens (including phenoxy) is 2. The fourth-order valence-corrected chi connectivity index (χ4v) is 2.19. The van der Waals surface area contributed by atoms with Gasteiger partial charge in [0.15, 0.2) is 0 Å². The number of nitrogens with zero attached hydrogens (tertiary/aromatic N) is 2. The van der Waals surface area contributed by atoms with Gasteiger partial charge in [-0.25, -0.2) is 9.31 Å². The standard InChI is InChI=1S/C16H20ClN3O3/c1-16(2,3)23-15(21)18-7-5-6-11-8-13(22-4)14-12(17)9-19-20(14)10-11/h5-6,8-10H,7H2,1-4H3,(H,18,21). The van der Waals surface area contributed by atoms with Gasteiger partial charge in [0.05, 0.1) is 18.3 Å². The second-order valence-corrected chi connectivity index (χ2v) is 6.32. The Balaban J connectivity index is 2.03. The van der Waals surface area contributed by atoms with Gasteiger partial charge in [-0.05, 0) is 32.4 Å². The predicted octanol–water partition coefficient (Wildman–Crippen LogP) is 3.53. The number of fused-ring (bicyclic) bond motifs is 1. The SMILES string of the molecule is COc1cc(C=CCNC(=O)OC(C)(C)C)cn2ncc(Cl)c12. The number of aromatic nitrogens is 2. The van der Waals surface area contributed by atoms with Crippen LogP contribution in [0.4, 0.5) is 4.79 Å². The van der Waals surface area contributed by atoms with Crippen LogP contribution >= 0.6 is 11.6 Å². The summed E-state index contributed by atoms with van der Waals surface area (Å²) in [6.45, 7) is 5.81. The molecule has 2 rings (SSSR count). The predicted molar refractivity (Wildman–Crippen MR) is 90.0 cm³/mol. The van der Waals surface area contributed by atoms with E-state index in [2.05, 4.69) is 10.4 Å². The Morgan fingerprint density at radius 3 is 2.87 bits per heavy atom. The summed E-state index contributed by atoms with van der Waals surface area (Å²) in [5.74, 6) is 0.634. The van der Waals surface area contributed by atoms with Crippen LogP contribution in [0.2, 0.25) is 5.02 Å². The molecule has 0 radical (unpaired) electrons. The van der Waals surface area contributed by atoms with E-state index in [1.165, 1.54) is 0 Å². The van der Waals surface area contributed by atoms with Crippen molar-refractivity contribution in [1.82, 2.24) is 14.9 Å². The van der Waals surface area contributed by atoms with Gasteiger partial charge in [-0.1, -0.05) is 23.8 Å². The maximum atomic E-state index is 11.5. The van der Waals surface area contributed by atoms with Crippen molar-refractivity contribution in [2.45, 2.75) is 26.4 Å². The van der Waals surface area contributed by atoms with E-state index in [1.54, 1.807) is 17.8 Å². The lowest BCUT2D eigenvalue weighted by molar-refractivity contribution is 0.0534. The van der Waals surface area contributed by atoms with Gasteiger partial charge in [0.2, 0.25) is 0 Å². The van der Waals surface area contributed by atoms with Crippen LogP contribution in [0.15, 0.2) is 24.5 Å². The van der Waals surface area contributed by atoms with Crippen LogP contribution in [0.5, 0.6) is 5.75 Å². The molecular weight excluding hydrogens is 318 g/mol. The minimum Gasteiger partial charge on any atom is -0.494 e. The molecule has 0 aliphatic carbocycles. The highest BCUT2D eigenvalue weighted by Crippen LogP contribution is 2.28. The Kier molecular flexibility index (Phi) is 5.15. The molecule has 0 aliphatic heterocycles. The number of amides is 1. The topological polar surface area (TPSA) is 64.9 Å². The van der Waals surface area contributed by atoms with Gasteiger partial charge in [-0.3, -0.25) is 0 Å². The molecule has 0 atom stereocenters.